The van der Waals surface area contributed by atoms with E-state index in [1.807, 2.05) is 11.6 Å². The van der Waals surface area contributed by atoms with Crippen LogP contribution in [0.25, 0.3) is 11.5 Å². The molecule has 8 heteroatoms. The fraction of sp³-hybridized carbons (Fsp3) is 0.500. The molecule has 1 aliphatic rings. The molecule has 1 fully saturated rings. The van der Waals surface area contributed by atoms with Crippen LogP contribution in [0.15, 0.2) is 6.20 Å². The Bertz CT molecular complexity index is 622. The largest absolute Gasteiger partial charge is 0.381 e. The molecule has 3 heterocycles. The van der Waals surface area contributed by atoms with Gasteiger partial charge in [-0.05, 0) is 12.8 Å². The van der Waals surface area contributed by atoms with Crippen LogP contribution in [0.1, 0.15) is 24.6 Å². The van der Waals surface area contributed by atoms with Gasteiger partial charge in [-0.1, -0.05) is 11.6 Å². The molecule has 106 valence electrons. The van der Waals surface area contributed by atoms with Crippen molar-refractivity contribution in [3.8, 4) is 11.5 Å². The van der Waals surface area contributed by atoms with E-state index in [2.05, 4.69) is 20.2 Å². The Morgan fingerprint density at radius 2 is 2.10 bits per heavy atom. The SMILES string of the molecule is Cn1c(-c2nc(N)ncc2Cl)nnc1C1CCOCC1. The van der Waals surface area contributed by atoms with Crippen LogP contribution in [-0.4, -0.2) is 37.9 Å². The number of hydrogen-bond donors (Lipinski definition) is 1. The van der Waals surface area contributed by atoms with Crippen molar-refractivity contribution in [2.45, 2.75) is 18.8 Å². The first-order chi connectivity index (χ1) is 9.66. The summed E-state index contributed by atoms with van der Waals surface area (Å²) in [5.74, 6) is 2.05. The van der Waals surface area contributed by atoms with Gasteiger partial charge in [0, 0.05) is 26.2 Å². The summed E-state index contributed by atoms with van der Waals surface area (Å²) in [4.78, 5) is 8.00. The lowest BCUT2D eigenvalue weighted by Crippen LogP contribution is -2.17. The standard InChI is InChI=1S/C12H15ClN6O/c1-19-10(7-2-4-20-5-3-7)17-18-11(19)9-8(13)6-15-12(14)16-9/h6-7H,2-5H2,1H3,(H2,14,15,16). The second kappa shape index (κ2) is 5.34. The number of ether oxygens (including phenoxy) is 1. The van der Waals surface area contributed by atoms with Crippen molar-refractivity contribution in [2.75, 3.05) is 18.9 Å². The van der Waals surface area contributed by atoms with E-state index in [-0.39, 0.29) is 5.95 Å². The van der Waals surface area contributed by atoms with Gasteiger partial charge in [0.15, 0.2) is 5.82 Å². The van der Waals surface area contributed by atoms with Crippen molar-refractivity contribution in [2.24, 2.45) is 7.05 Å². The van der Waals surface area contributed by atoms with Crippen LogP contribution in [0, 0.1) is 0 Å². The molecule has 3 rings (SSSR count). The molecule has 2 aromatic heterocycles. The minimum absolute atomic E-state index is 0.167. The van der Waals surface area contributed by atoms with E-state index in [1.165, 1.54) is 6.20 Å². The Kier molecular flexibility index (Phi) is 3.54. The van der Waals surface area contributed by atoms with Crippen LogP contribution in [-0.2, 0) is 11.8 Å². The first-order valence-corrected chi connectivity index (χ1v) is 6.80. The van der Waals surface area contributed by atoms with Crippen molar-refractivity contribution in [1.82, 2.24) is 24.7 Å². The van der Waals surface area contributed by atoms with Gasteiger partial charge in [-0.15, -0.1) is 10.2 Å². The molecule has 0 saturated carbocycles. The van der Waals surface area contributed by atoms with Gasteiger partial charge in [0.1, 0.15) is 11.5 Å². The van der Waals surface area contributed by atoms with E-state index >= 15 is 0 Å². The first kappa shape index (κ1) is 13.3. The molecule has 0 amide bonds. The van der Waals surface area contributed by atoms with Crippen LogP contribution in [0.4, 0.5) is 5.95 Å². The Balaban J connectivity index is 1.99. The molecular weight excluding hydrogens is 280 g/mol. The van der Waals surface area contributed by atoms with Crippen molar-refractivity contribution in [1.29, 1.82) is 0 Å². The second-order valence-corrected chi connectivity index (χ2v) is 5.16. The van der Waals surface area contributed by atoms with E-state index < -0.39 is 0 Å². The molecule has 0 unspecified atom stereocenters. The number of rotatable bonds is 2. The number of nitrogen functional groups attached to an aromatic ring is 1. The fourth-order valence-corrected chi connectivity index (χ4v) is 2.57. The molecular formula is C12H15ClN6O. The Morgan fingerprint density at radius 1 is 1.35 bits per heavy atom. The molecule has 0 aliphatic carbocycles. The average molecular weight is 295 g/mol. The topological polar surface area (TPSA) is 91.7 Å². The zero-order chi connectivity index (χ0) is 14.1. The van der Waals surface area contributed by atoms with Crippen LogP contribution in [0.2, 0.25) is 5.02 Å². The molecule has 20 heavy (non-hydrogen) atoms. The van der Waals surface area contributed by atoms with Crippen molar-refractivity contribution >= 4 is 17.5 Å². The van der Waals surface area contributed by atoms with Gasteiger partial charge in [-0.25, -0.2) is 9.97 Å². The molecule has 2 N–H and O–H groups in total. The summed E-state index contributed by atoms with van der Waals surface area (Å²) in [5, 5.41) is 8.90. The molecule has 0 spiro atoms. The predicted molar refractivity (Wildman–Crippen MR) is 74.2 cm³/mol. The lowest BCUT2D eigenvalue weighted by molar-refractivity contribution is 0.0830. The molecule has 0 aromatic carbocycles. The summed E-state index contributed by atoms with van der Waals surface area (Å²) in [7, 11) is 1.91. The van der Waals surface area contributed by atoms with Crippen LogP contribution < -0.4 is 5.73 Å². The molecule has 7 nitrogen and oxygen atoms in total. The molecule has 2 aromatic rings. The summed E-state index contributed by atoms with van der Waals surface area (Å²) in [5.41, 5.74) is 6.12. The quantitative estimate of drug-likeness (QED) is 0.900. The normalized spacial score (nSPS) is 16.5. The van der Waals surface area contributed by atoms with E-state index in [0.29, 0.717) is 22.5 Å². The van der Waals surface area contributed by atoms with E-state index in [9.17, 15) is 0 Å². The maximum Gasteiger partial charge on any atom is 0.220 e. The third-order valence-electron chi connectivity index (χ3n) is 3.47. The van der Waals surface area contributed by atoms with Gasteiger partial charge in [0.2, 0.25) is 5.95 Å². The van der Waals surface area contributed by atoms with Crippen molar-refractivity contribution in [3.05, 3.63) is 17.0 Å². The summed E-state index contributed by atoms with van der Waals surface area (Å²) < 4.78 is 7.29. The van der Waals surface area contributed by atoms with Gasteiger partial charge < -0.3 is 15.0 Å². The lowest BCUT2D eigenvalue weighted by Gasteiger charge is -2.21. The molecule has 0 bridgehead atoms. The van der Waals surface area contributed by atoms with Crippen LogP contribution in [0.3, 0.4) is 0 Å². The maximum absolute atomic E-state index is 6.12. The highest BCUT2D eigenvalue weighted by molar-refractivity contribution is 6.32. The van der Waals surface area contributed by atoms with Gasteiger partial charge >= 0.3 is 0 Å². The third-order valence-corrected chi connectivity index (χ3v) is 3.75. The maximum atomic E-state index is 6.12. The molecule has 1 saturated heterocycles. The van der Waals surface area contributed by atoms with E-state index in [0.717, 1.165) is 31.9 Å². The van der Waals surface area contributed by atoms with Crippen molar-refractivity contribution < 1.29 is 4.74 Å². The second-order valence-electron chi connectivity index (χ2n) is 4.75. The average Bonchev–Trinajstić information content (AvgIpc) is 2.84. The monoisotopic (exact) mass is 294 g/mol. The zero-order valence-corrected chi connectivity index (χ0v) is 11.8. The van der Waals surface area contributed by atoms with Crippen LogP contribution >= 0.6 is 11.6 Å². The summed E-state index contributed by atoms with van der Waals surface area (Å²) in [6.45, 7) is 1.52. The van der Waals surface area contributed by atoms with Crippen molar-refractivity contribution in [3.63, 3.8) is 0 Å². The van der Waals surface area contributed by atoms with Crippen LogP contribution in [0.5, 0.6) is 0 Å². The van der Waals surface area contributed by atoms with Gasteiger partial charge in [0.25, 0.3) is 0 Å². The Morgan fingerprint density at radius 3 is 2.85 bits per heavy atom. The zero-order valence-electron chi connectivity index (χ0n) is 11.1. The van der Waals surface area contributed by atoms with Gasteiger partial charge in [-0.2, -0.15) is 0 Å². The van der Waals surface area contributed by atoms with E-state index in [4.69, 9.17) is 22.1 Å². The molecule has 0 radical (unpaired) electrons. The number of halogens is 1. The summed E-state index contributed by atoms with van der Waals surface area (Å²) in [6.07, 6.45) is 3.37. The highest BCUT2D eigenvalue weighted by atomic mass is 35.5. The summed E-state index contributed by atoms with van der Waals surface area (Å²) >= 11 is 6.12. The Labute approximate surface area is 121 Å². The molecule has 0 atom stereocenters. The minimum Gasteiger partial charge on any atom is -0.381 e. The number of nitrogens with zero attached hydrogens (tertiary/aromatic N) is 5. The predicted octanol–water partition coefficient (Wildman–Crippen LogP) is 1.40. The number of nitrogens with two attached hydrogens (primary N) is 1. The highest BCUT2D eigenvalue weighted by Crippen LogP contribution is 2.29. The minimum atomic E-state index is 0.167. The van der Waals surface area contributed by atoms with E-state index in [1.54, 1.807) is 0 Å². The van der Waals surface area contributed by atoms with Gasteiger partial charge in [-0.3, -0.25) is 0 Å². The smallest absolute Gasteiger partial charge is 0.220 e. The summed E-state index contributed by atoms with van der Waals surface area (Å²) in [6, 6.07) is 0. The first-order valence-electron chi connectivity index (χ1n) is 6.42. The number of hydrogen-bond acceptors (Lipinski definition) is 6. The highest BCUT2D eigenvalue weighted by Gasteiger charge is 2.24. The van der Waals surface area contributed by atoms with Gasteiger partial charge in [0.05, 0.1) is 11.2 Å². The lowest BCUT2D eigenvalue weighted by atomic mass is 9.99. The fourth-order valence-electron chi connectivity index (χ4n) is 2.40. The number of aromatic nitrogens is 5. The Hall–Kier alpha value is -1.73. The molecule has 1 aliphatic heterocycles. The third kappa shape index (κ3) is 2.34. The number of anilines is 1.